The summed E-state index contributed by atoms with van der Waals surface area (Å²) in [6.07, 6.45) is 2.45. The van der Waals surface area contributed by atoms with Crippen LogP contribution < -0.4 is 0 Å². The van der Waals surface area contributed by atoms with Gasteiger partial charge in [-0.1, -0.05) is 13.8 Å². The van der Waals surface area contributed by atoms with Gasteiger partial charge in [0.05, 0.1) is 5.75 Å². The predicted octanol–water partition coefficient (Wildman–Crippen LogP) is 3.22. The van der Waals surface area contributed by atoms with E-state index >= 15 is 0 Å². The molecule has 7 heteroatoms. The molecule has 0 N–H and O–H groups in total. The molecule has 0 bridgehead atoms. The summed E-state index contributed by atoms with van der Waals surface area (Å²) in [6, 6.07) is -0.134. The van der Waals surface area contributed by atoms with E-state index in [0.717, 1.165) is 12.8 Å². The van der Waals surface area contributed by atoms with Crippen LogP contribution in [0.25, 0.3) is 0 Å². The number of ether oxygens (including phenoxy) is 1. The Morgan fingerprint density at radius 3 is 1.92 bits per heavy atom. The molecule has 0 radical (unpaired) electrons. The van der Waals surface area contributed by atoms with Gasteiger partial charge in [0.25, 0.3) is 0 Å². The third-order valence-electron chi connectivity index (χ3n) is 4.67. The molecular formula is C17H34N2O4S. The zero-order valence-corrected chi connectivity index (χ0v) is 17.0. The van der Waals surface area contributed by atoms with E-state index in [-0.39, 0.29) is 30.0 Å². The summed E-state index contributed by atoms with van der Waals surface area (Å²) < 4.78 is 32.2. The van der Waals surface area contributed by atoms with Gasteiger partial charge in [0.1, 0.15) is 5.60 Å². The molecule has 1 aliphatic rings. The van der Waals surface area contributed by atoms with Gasteiger partial charge in [-0.25, -0.2) is 13.2 Å². The molecule has 1 saturated heterocycles. The second-order valence-electron chi connectivity index (χ2n) is 7.57. The van der Waals surface area contributed by atoms with E-state index in [1.807, 2.05) is 34.6 Å². The van der Waals surface area contributed by atoms with E-state index in [9.17, 15) is 13.2 Å². The van der Waals surface area contributed by atoms with E-state index in [4.69, 9.17) is 4.74 Å². The van der Waals surface area contributed by atoms with Gasteiger partial charge in [0.2, 0.25) is 10.0 Å². The Morgan fingerprint density at radius 2 is 1.58 bits per heavy atom. The lowest BCUT2D eigenvalue weighted by Gasteiger charge is -2.46. The van der Waals surface area contributed by atoms with Gasteiger partial charge in [0, 0.05) is 25.2 Å². The molecule has 6 nitrogen and oxygen atoms in total. The summed E-state index contributed by atoms with van der Waals surface area (Å²) in [6.45, 7) is 11.2. The SMILES string of the molecule is CC[C@@H]1CC(N(C)C(=O)OC(C)(C)C)C[C@H](CC)N1S(=O)(=O)CC. The van der Waals surface area contributed by atoms with Crippen molar-refractivity contribution in [2.24, 2.45) is 0 Å². The molecular weight excluding hydrogens is 328 g/mol. The number of nitrogens with zero attached hydrogens (tertiary/aromatic N) is 2. The summed E-state index contributed by atoms with van der Waals surface area (Å²) in [5, 5.41) is 0. The molecule has 142 valence electrons. The zero-order valence-electron chi connectivity index (χ0n) is 16.2. The van der Waals surface area contributed by atoms with Gasteiger partial charge in [-0.05, 0) is 53.4 Å². The topological polar surface area (TPSA) is 66.9 Å². The monoisotopic (exact) mass is 362 g/mol. The normalized spacial score (nSPS) is 26.2. The summed E-state index contributed by atoms with van der Waals surface area (Å²) in [5.41, 5.74) is -0.536. The number of amides is 1. The standard InChI is InChI=1S/C17H34N2O4S/c1-8-13-11-15(18(7)16(20)23-17(4,5)6)12-14(9-2)19(13)24(21,22)10-3/h13-15H,8-12H2,1-7H3/t13-,14+,15?. The van der Waals surface area contributed by atoms with Crippen LogP contribution in [0.15, 0.2) is 0 Å². The van der Waals surface area contributed by atoms with Crippen LogP contribution in [0.1, 0.15) is 67.2 Å². The smallest absolute Gasteiger partial charge is 0.410 e. The largest absolute Gasteiger partial charge is 0.444 e. The van der Waals surface area contributed by atoms with Gasteiger partial charge >= 0.3 is 6.09 Å². The van der Waals surface area contributed by atoms with Crippen LogP contribution in [0.3, 0.4) is 0 Å². The predicted molar refractivity (Wildman–Crippen MR) is 96.5 cm³/mol. The summed E-state index contributed by atoms with van der Waals surface area (Å²) in [4.78, 5) is 14.0. The van der Waals surface area contributed by atoms with Crippen molar-refractivity contribution in [2.45, 2.75) is 91.0 Å². The van der Waals surface area contributed by atoms with Crippen molar-refractivity contribution in [3.63, 3.8) is 0 Å². The van der Waals surface area contributed by atoms with Crippen molar-refractivity contribution in [3.8, 4) is 0 Å². The molecule has 1 heterocycles. The number of hydrogen-bond acceptors (Lipinski definition) is 4. The van der Waals surface area contributed by atoms with Gasteiger partial charge < -0.3 is 9.64 Å². The summed E-state index contributed by atoms with van der Waals surface area (Å²) >= 11 is 0. The molecule has 24 heavy (non-hydrogen) atoms. The minimum Gasteiger partial charge on any atom is -0.444 e. The van der Waals surface area contributed by atoms with Crippen LogP contribution in [0.5, 0.6) is 0 Å². The highest BCUT2D eigenvalue weighted by Gasteiger charge is 2.42. The fourth-order valence-electron chi connectivity index (χ4n) is 3.33. The number of sulfonamides is 1. The number of rotatable bonds is 5. The molecule has 0 aromatic carbocycles. The molecule has 0 aliphatic carbocycles. The maximum absolute atomic E-state index is 12.5. The van der Waals surface area contributed by atoms with Crippen molar-refractivity contribution in [2.75, 3.05) is 12.8 Å². The minimum absolute atomic E-state index is 0.00180. The number of carbonyl (C=O) groups is 1. The second kappa shape index (κ2) is 8.04. The zero-order chi connectivity index (χ0) is 18.7. The van der Waals surface area contributed by atoms with Crippen LogP contribution in [0, 0.1) is 0 Å². The molecule has 1 unspecified atom stereocenters. The Morgan fingerprint density at radius 1 is 1.12 bits per heavy atom. The number of hydrogen-bond donors (Lipinski definition) is 0. The third-order valence-corrected chi connectivity index (χ3v) is 6.63. The van der Waals surface area contributed by atoms with E-state index in [1.165, 1.54) is 0 Å². The van der Waals surface area contributed by atoms with Crippen LogP contribution in [-0.4, -0.2) is 60.2 Å². The Hall–Kier alpha value is -0.820. The van der Waals surface area contributed by atoms with Gasteiger partial charge in [-0.3, -0.25) is 0 Å². The fraction of sp³-hybridized carbons (Fsp3) is 0.941. The Bertz CT molecular complexity index is 513. The summed E-state index contributed by atoms with van der Waals surface area (Å²) in [5.74, 6) is 0.118. The van der Waals surface area contributed by atoms with Crippen molar-refractivity contribution in [3.05, 3.63) is 0 Å². The molecule has 1 amide bonds. The van der Waals surface area contributed by atoms with Crippen LogP contribution in [-0.2, 0) is 14.8 Å². The maximum atomic E-state index is 12.5. The highest BCUT2D eigenvalue weighted by molar-refractivity contribution is 7.89. The lowest BCUT2D eigenvalue weighted by molar-refractivity contribution is 0.00930. The maximum Gasteiger partial charge on any atom is 0.410 e. The van der Waals surface area contributed by atoms with Crippen molar-refractivity contribution in [1.82, 2.24) is 9.21 Å². The first-order chi connectivity index (χ1) is 11.0. The van der Waals surface area contributed by atoms with E-state index in [0.29, 0.717) is 12.8 Å². The highest BCUT2D eigenvalue weighted by atomic mass is 32.2. The van der Waals surface area contributed by atoms with Crippen molar-refractivity contribution in [1.29, 1.82) is 0 Å². The molecule has 0 saturated carbocycles. The Kier molecular flexibility index (Phi) is 7.11. The lowest BCUT2D eigenvalue weighted by atomic mass is 9.90. The third kappa shape index (κ3) is 5.09. The van der Waals surface area contributed by atoms with Gasteiger partial charge in [-0.15, -0.1) is 0 Å². The first kappa shape index (κ1) is 21.2. The quantitative estimate of drug-likeness (QED) is 0.753. The molecule has 3 atom stereocenters. The summed E-state index contributed by atoms with van der Waals surface area (Å²) in [7, 11) is -1.49. The van der Waals surface area contributed by atoms with Gasteiger partial charge in [0.15, 0.2) is 0 Å². The van der Waals surface area contributed by atoms with Crippen molar-refractivity contribution >= 4 is 16.1 Å². The van der Waals surface area contributed by atoms with E-state index in [2.05, 4.69) is 0 Å². The fourth-order valence-corrected chi connectivity index (χ4v) is 5.00. The number of piperidine rings is 1. The minimum atomic E-state index is -3.24. The number of carbonyl (C=O) groups excluding carboxylic acids is 1. The molecule has 1 rings (SSSR count). The Labute approximate surface area is 147 Å². The lowest BCUT2D eigenvalue weighted by Crippen LogP contribution is -2.57. The van der Waals surface area contributed by atoms with Crippen LogP contribution in [0.2, 0.25) is 0 Å². The first-order valence-corrected chi connectivity index (χ1v) is 10.5. The second-order valence-corrected chi connectivity index (χ2v) is 9.73. The molecule has 1 fully saturated rings. The highest BCUT2D eigenvalue weighted by Crippen LogP contribution is 2.32. The average Bonchev–Trinajstić information content (AvgIpc) is 2.50. The van der Waals surface area contributed by atoms with Gasteiger partial charge in [-0.2, -0.15) is 4.31 Å². The van der Waals surface area contributed by atoms with Crippen LogP contribution in [0.4, 0.5) is 4.79 Å². The van der Waals surface area contributed by atoms with Crippen molar-refractivity contribution < 1.29 is 17.9 Å². The molecule has 0 aromatic rings. The average molecular weight is 363 g/mol. The Balaban J connectivity index is 2.98. The molecule has 1 aliphatic heterocycles. The van der Waals surface area contributed by atoms with Crippen LogP contribution >= 0.6 is 0 Å². The first-order valence-electron chi connectivity index (χ1n) is 8.93. The molecule has 0 aromatic heterocycles. The van der Waals surface area contributed by atoms with E-state index in [1.54, 1.807) is 23.2 Å². The van der Waals surface area contributed by atoms with E-state index < -0.39 is 15.6 Å². The molecule has 0 spiro atoms.